The number of aromatic hydroxyl groups is 1. The van der Waals surface area contributed by atoms with Gasteiger partial charge in [0.25, 0.3) is 5.91 Å². The summed E-state index contributed by atoms with van der Waals surface area (Å²) in [5.74, 6) is -1.04. The van der Waals surface area contributed by atoms with Gasteiger partial charge in [-0.15, -0.1) is 0 Å². The van der Waals surface area contributed by atoms with Crippen molar-refractivity contribution in [3.05, 3.63) is 56.9 Å². The van der Waals surface area contributed by atoms with Crippen LogP contribution in [0.1, 0.15) is 15.9 Å². The van der Waals surface area contributed by atoms with Gasteiger partial charge in [-0.1, -0.05) is 15.9 Å². The Bertz CT molecular complexity index is 986. The van der Waals surface area contributed by atoms with Gasteiger partial charge in [-0.3, -0.25) is 4.79 Å². The number of carboxylic acid groups (broad SMARTS) is 1. The highest BCUT2D eigenvalue weighted by atomic mass is 79.9. The molecule has 1 amide bonds. The fraction of sp³-hybridized carbons (Fsp3) is 0.0556. The topological polar surface area (TPSA) is 108 Å². The molecule has 0 aromatic heterocycles. The second-order valence-electron chi connectivity index (χ2n) is 5.38. The summed E-state index contributed by atoms with van der Waals surface area (Å²) in [4.78, 5) is 27.8. The summed E-state index contributed by atoms with van der Waals surface area (Å²) in [7, 11) is 1.44. The molecular weight excluding hydrogens is 436 g/mol. The number of nitrogens with one attached hydrogen (secondary N) is 1. The number of phenolic OH excluding ortho intramolecular Hbond substituents is 1. The zero-order chi connectivity index (χ0) is 19.6. The number of carboxylic acids is 1. The number of aliphatic imine (C=N–C) groups is 1. The van der Waals surface area contributed by atoms with Crippen molar-refractivity contribution in [1.82, 2.24) is 5.32 Å². The number of hydrogen-bond acceptors (Lipinski definition) is 6. The summed E-state index contributed by atoms with van der Waals surface area (Å²) in [6, 6.07) is 9.11. The van der Waals surface area contributed by atoms with Gasteiger partial charge in [0.2, 0.25) is 0 Å². The van der Waals surface area contributed by atoms with Crippen LogP contribution in [0.15, 0.2) is 50.8 Å². The Kier molecular flexibility index (Phi) is 5.52. The van der Waals surface area contributed by atoms with Crippen molar-refractivity contribution in [1.29, 1.82) is 0 Å². The maximum Gasteiger partial charge on any atom is 0.335 e. The molecule has 138 valence electrons. The molecule has 7 nitrogen and oxygen atoms in total. The molecule has 0 unspecified atom stereocenters. The van der Waals surface area contributed by atoms with Crippen molar-refractivity contribution in [2.45, 2.75) is 0 Å². The SMILES string of the molecule is COc1cc(/C=C2/SC(=Nc3ccc(C(=O)O)cc3)NC2=O)c(Br)cc1O. The Morgan fingerprint density at radius 2 is 2.00 bits per heavy atom. The van der Waals surface area contributed by atoms with Crippen molar-refractivity contribution in [3.63, 3.8) is 0 Å². The second kappa shape index (κ2) is 7.85. The number of ether oxygens (including phenoxy) is 1. The molecule has 27 heavy (non-hydrogen) atoms. The summed E-state index contributed by atoms with van der Waals surface area (Å²) in [5.41, 5.74) is 1.35. The monoisotopic (exact) mass is 448 g/mol. The van der Waals surface area contributed by atoms with Gasteiger partial charge in [0.1, 0.15) is 0 Å². The van der Waals surface area contributed by atoms with Crippen LogP contribution < -0.4 is 10.1 Å². The molecule has 0 atom stereocenters. The molecule has 2 aromatic rings. The van der Waals surface area contributed by atoms with E-state index in [1.165, 1.54) is 25.3 Å². The third-order valence-electron chi connectivity index (χ3n) is 3.58. The number of aromatic carboxylic acids is 1. The summed E-state index contributed by atoms with van der Waals surface area (Å²) < 4.78 is 5.69. The lowest BCUT2D eigenvalue weighted by Gasteiger charge is -2.06. The van der Waals surface area contributed by atoms with E-state index in [9.17, 15) is 14.7 Å². The number of thioether (sulfide) groups is 1. The maximum absolute atomic E-state index is 12.2. The van der Waals surface area contributed by atoms with Crippen LogP contribution in [0.5, 0.6) is 11.5 Å². The van der Waals surface area contributed by atoms with E-state index in [1.54, 1.807) is 24.3 Å². The van der Waals surface area contributed by atoms with E-state index in [2.05, 4.69) is 26.2 Å². The number of hydrogen-bond donors (Lipinski definition) is 3. The zero-order valence-electron chi connectivity index (χ0n) is 13.9. The lowest BCUT2D eigenvalue weighted by molar-refractivity contribution is -0.115. The standard InChI is InChI=1S/C18H13BrN2O5S/c1-26-14-6-10(12(19)8-13(14)22)7-15-16(23)21-18(27-15)20-11-4-2-9(3-5-11)17(24)25/h2-8,22H,1H3,(H,24,25)(H,20,21,23)/b15-7+. The molecule has 2 aromatic carbocycles. The van der Waals surface area contributed by atoms with Gasteiger partial charge in [-0.25, -0.2) is 9.79 Å². The first-order chi connectivity index (χ1) is 12.9. The Labute approximate surface area is 166 Å². The highest BCUT2D eigenvalue weighted by Crippen LogP contribution is 2.35. The molecule has 0 spiro atoms. The average Bonchev–Trinajstić information content (AvgIpc) is 2.96. The third kappa shape index (κ3) is 4.32. The van der Waals surface area contributed by atoms with Gasteiger partial charge >= 0.3 is 5.97 Å². The molecule has 1 aliphatic rings. The Morgan fingerprint density at radius 1 is 1.30 bits per heavy atom. The van der Waals surface area contributed by atoms with Crippen LogP contribution in [0.4, 0.5) is 5.69 Å². The predicted octanol–water partition coefficient (Wildman–Crippen LogP) is 3.75. The highest BCUT2D eigenvalue weighted by Gasteiger charge is 2.24. The van der Waals surface area contributed by atoms with Gasteiger partial charge in [-0.2, -0.15) is 0 Å². The van der Waals surface area contributed by atoms with Crippen molar-refractivity contribution in [2.24, 2.45) is 4.99 Å². The van der Waals surface area contributed by atoms with Crippen LogP contribution in [0.3, 0.4) is 0 Å². The molecule has 0 aliphatic carbocycles. The van der Waals surface area contributed by atoms with Crippen LogP contribution in [-0.4, -0.2) is 34.4 Å². The smallest absolute Gasteiger partial charge is 0.335 e. The molecule has 0 radical (unpaired) electrons. The molecule has 9 heteroatoms. The minimum Gasteiger partial charge on any atom is -0.504 e. The third-order valence-corrected chi connectivity index (χ3v) is 5.18. The predicted molar refractivity (Wildman–Crippen MR) is 107 cm³/mol. The molecule has 1 aliphatic heterocycles. The van der Waals surface area contributed by atoms with E-state index in [0.29, 0.717) is 31.5 Å². The van der Waals surface area contributed by atoms with Gasteiger partial charge in [-0.05, 0) is 59.8 Å². The minimum atomic E-state index is -1.02. The average molecular weight is 449 g/mol. The molecule has 3 rings (SSSR count). The highest BCUT2D eigenvalue weighted by molar-refractivity contribution is 9.10. The van der Waals surface area contributed by atoms with Crippen LogP contribution in [-0.2, 0) is 4.79 Å². The molecule has 1 saturated heterocycles. The fourth-order valence-corrected chi connectivity index (χ4v) is 3.53. The second-order valence-corrected chi connectivity index (χ2v) is 7.26. The first kappa shape index (κ1) is 19.0. The van der Waals surface area contributed by atoms with Gasteiger partial charge < -0.3 is 20.3 Å². The number of carbonyl (C=O) groups is 2. The number of amides is 1. The Balaban J connectivity index is 1.85. The number of benzene rings is 2. The number of phenols is 1. The largest absolute Gasteiger partial charge is 0.504 e. The summed E-state index contributed by atoms with van der Waals surface area (Å²) in [6.45, 7) is 0. The maximum atomic E-state index is 12.2. The quantitative estimate of drug-likeness (QED) is 0.614. The summed E-state index contributed by atoms with van der Waals surface area (Å²) >= 11 is 4.50. The molecule has 0 bridgehead atoms. The number of rotatable bonds is 4. The van der Waals surface area contributed by atoms with E-state index < -0.39 is 5.97 Å². The number of halogens is 1. The van der Waals surface area contributed by atoms with E-state index in [0.717, 1.165) is 11.8 Å². The van der Waals surface area contributed by atoms with Gasteiger partial charge in [0.05, 0.1) is 23.3 Å². The first-order valence-electron chi connectivity index (χ1n) is 7.57. The van der Waals surface area contributed by atoms with Crippen LogP contribution in [0.25, 0.3) is 6.08 Å². The molecule has 1 fully saturated rings. The van der Waals surface area contributed by atoms with Gasteiger partial charge in [0, 0.05) is 4.47 Å². The van der Waals surface area contributed by atoms with Crippen molar-refractivity contribution in [3.8, 4) is 11.5 Å². The number of nitrogens with zero attached hydrogens (tertiary/aromatic N) is 1. The van der Waals surface area contributed by atoms with Crippen LogP contribution >= 0.6 is 27.7 Å². The molecular formula is C18H13BrN2O5S. The molecule has 1 heterocycles. The number of methoxy groups -OCH3 is 1. The summed E-state index contributed by atoms with van der Waals surface area (Å²) in [5, 5.41) is 21.7. The van der Waals surface area contributed by atoms with E-state index >= 15 is 0 Å². The first-order valence-corrected chi connectivity index (χ1v) is 9.18. The Hall–Kier alpha value is -2.78. The fourth-order valence-electron chi connectivity index (χ4n) is 2.25. The van der Waals surface area contributed by atoms with Crippen molar-refractivity contribution >= 4 is 56.5 Å². The zero-order valence-corrected chi connectivity index (χ0v) is 16.3. The van der Waals surface area contributed by atoms with Crippen LogP contribution in [0, 0.1) is 0 Å². The lowest BCUT2D eigenvalue weighted by atomic mass is 10.2. The minimum absolute atomic E-state index is 0.0119. The molecule has 0 saturated carbocycles. The number of carbonyl (C=O) groups excluding carboxylic acids is 1. The van der Waals surface area contributed by atoms with E-state index in [4.69, 9.17) is 9.84 Å². The normalized spacial score (nSPS) is 16.6. The summed E-state index contributed by atoms with van der Waals surface area (Å²) in [6.07, 6.45) is 1.65. The van der Waals surface area contributed by atoms with E-state index in [1.807, 2.05) is 0 Å². The number of amidine groups is 1. The Morgan fingerprint density at radius 3 is 2.63 bits per heavy atom. The van der Waals surface area contributed by atoms with Crippen LogP contribution in [0.2, 0.25) is 0 Å². The van der Waals surface area contributed by atoms with Crippen molar-refractivity contribution < 1.29 is 24.5 Å². The molecule has 3 N–H and O–H groups in total. The van der Waals surface area contributed by atoms with E-state index in [-0.39, 0.29) is 17.2 Å². The van der Waals surface area contributed by atoms with Gasteiger partial charge in [0.15, 0.2) is 16.7 Å². The lowest BCUT2D eigenvalue weighted by Crippen LogP contribution is -2.19. The van der Waals surface area contributed by atoms with Crippen molar-refractivity contribution in [2.75, 3.05) is 7.11 Å².